The summed E-state index contributed by atoms with van der Waals surface area (Å²) in [7, 11) is 2.06. The third-order valence-corrected chi connectivity index (χ3v) is 4.81. The molecule has 1 aliphatic rings. The number of rotatable bonds is 8. The van der Waals surface area contributed by atoms with Crippen LogP contribution in [-0.4, -0.2) is 64.6 Å². The fraction of sp³-hybridized carbons (Fsp3) is 0.722. The zero-order chi connectivity index (χ0) is 18.2. The van der Waals surface area contributed by atoms with Crippen LogP contribution < -0.4 is 5.32 Å². The van der Waals surface area contributed by atoms with Crippen LogP contribution >= 0.6 is 0 Å². The molecule has 1 aliphatic heterocycles. The zero-order valence-corrected chi connectivity index (χ0v) is 15.7. The highest BCUT2D eigenvalue weighted by Crippen LogP contribution is 2.15. The fourth-order valence-electron chi connectivity index (χ4n) is 3.01. The van der Waals surface area contributed by atoms with Crippen LogP contribution in [0.4, 0.5) is 5.82 Å². The Morgan fingerprint density at radius 3 is 2.60 bits per heavy atom. The van der Waals surface area contributed by atoms with E-state index < -0.39 is 0 Å². The summed E-state index contributed by atoms with van der Waals surface area (Å²) in [6.45, 7) is 7.71. The number of anilines is 1. The van der Waals surface area contributed by atoms with Gasteiger partial charge in [-0.1, -0.05) is 26.7 Å². The van der Waals surface area contributed by atoms with Gasteiger partial charge >= 0.3 is 0 Å². The third kappa shape index (κ3) is 5.85. The van der Waals surface area contributed by atoms with Gasteiger partial charge in [0.25, 0.3) is 0 Å². The number of unbranched alkanes of at least 4 members (excludes halogenated alkanes) is 1. The Bertz CT molecular complexity index is 530. The molecule has 7 heteroatoms. The molecule has 0 spiro atoms. The lowest BCUT2D eigenvalue weighted by Gasteiger charge is -2.32. The van der Waals surface area contributed by atoms with Crippen molar-refractivity contribution in [2.24, 2.45) is 5.92 Å². The standard InChI is InChI=1S/C18H31N5O2/c1-4-6-7-15(5-2)18(25)19-16-8-9-23(20-16)14-17(24)22-12-10-21(3)11-13-22/h8-9,15H,4-7,10-14H2,1-3H3,(H,19,20,25)/t15-/m0/s1. The third-order valence-electron chi connectivity index (χ3n) is 4.81. The number of piperazine rings is 1. The van der Waals surface area contributed by atoms with Gasteiger partial charge in [-0.3, -0.25) is 14.3 Å². The van der Waals surface area contributed by atoms with Gasteiger partial charge in [0.05, 0.1) is 0 Å². The van der Waals surface area contributed by atoms with E-state index in [4.69, 9.17) is 0 Å². The van der Waals surface area contributed by atoms with Crippen LogP contribution in [0.15, 0.2) is 12.3 Å². The molecule has 0 radical (unpaired) electrons. The molecule has 0 unspecified atom stereocenters. The molecule has 0 saturated carbocycles. The predicted molar refractivity (Wildman–Crippen MR) is 98.2 cm³/mol. The van der Waals surface area contributed by atoms with Crippen LogP contribution in [0, 0.1) is 5.92 Å². The van der Waals surface area contributed by atoms with Crippen molar-refractivity contribution in [3.8, 4) is 0 Å². The van der Waals surface area contributed by atoms with Crippen LogP contribution in [0.1, 0.15) is 39.5 Å². The Labute approximate surface area is 150 Å². The first-order valence-electron chi connectivity index (χ1n) is 9.34. The van der Waals surface area contributed by atoms with Crippen LogP contribution in [0.25, 0.3) is 0 Å². The molecule has 1 aromatic rings. The number of nitrogens with zero attached hydrogens (tertiary/aromatic N) is 4. The Hall–Kier alpha value is -1.89. The van der Waals surface area contributed by atoms with E-state index in [1.807, 2.05) is 11.8 Å². The van der Waals surface area contributed by atoms with Gasteiger partial charge in [-0.25, -0.2) is 0 Å². The van der Waals surface area contributed by atoms with Crippen molar-refractivity contribution in [3.05, 3.63) is 12.3 Å². The van der Waals surface area contributed by atoms with Crippen molar-refractivity contribution in [3.63, 3.8) is 0 Å². The van der Waals surface area contributed by atoms with E-state index in [1.54, 1.807) is 16.9 Å². The fourth-order valence-corrected chi connectivity index (χ4v) is 3.01. The average Bonchev–Trinajstić information content (AvgIpc) is 3.03. The van der Waals surface area contributed by atoms with Crippen LogP contribution in [-0.2, 0) is 16.1 Å². The highest BCUT2D eigenvalue weighted by Gasteiger charge is 2.20. The second kappa shape index (κ2) is 9.56. The molecule has 1 fully saturated rings. The Balaban J connectivity index is 1.84. The number of hydrogen-bond acceptors (Lipinski definition) is 4. The number of hydrogen-bond donors (Lipinski definition) is 1. The zero-order valence-electron chi connectivity index (χ0n) is 15.7. The maximum absolute atomic E-state index is 12.3. The SMILES string of the molecule is CCCC[C@H](CC)C(=O)Nc1ccn(CC(=O)N2CCN(C)CC2)n1. The summed E-state index contributed by atoms with van der Waals surface area (Å²) in [6.07, 6.45) is 5.62. The molecule has 0 bridgehead atoms. The molecular weight excluding hydrogens is 318 g/mol. The lowest BCUT2D eigenvalue weighted by molar-refractivity contribution is -0.133. The number of carbonyl (C=O) groups excluding carboxylic acids is 2. The minimum Gasteiger partial charge on any atom is -0.339 e. The second-order valence-corrected chi connectivity index (χ2v) is 6.82. The molecule has 1 saturated heterocycles. The second-order valence-electron chi connectivity index (χ2n) is 6.82. The van der Waals surface area contributed by atoms with Crippen LogP contribution in [0.3, 0.4) is 0 Å². The quantitative estimate of drug-likeness (QED) is 0.777. The average molecular weight is 349 g/mol. The topological polar surface area (TPSA) is 70.5 Å². The summed E-state index contributed by atoms with van der Waals surface area (Å²) >= 11 is 0. The van der Waals surface area contributed by atoms with E-state index in [-0.39, 0.29) is 24.3 Å². The molecule has 25 heavy (non-hydrogen) atoms. The lowest BCUT2D eigenvalue weighted by atomic mass is 9.98. The number of likely N-dealkylation sites (N-methyl/N-ethyl adjacent to an activating group) is 1. The maximum atomic E-state index is 12.3. The number of nitrogens with one attached hydrogen (secondary N) is 1. The summed E-state index contributed by atoms with van der Waals surface area (Å²) in [5.41, 5.74) is 0. The highest BCUT2D eigenvalue weighted by atomic mass is 16.2. The molecular formula is C18H31N5O2. The van der Waals surface area contributed by atoms with Crippen molar-refractivity contribution in [2.75, 3.05) is 38.5 Å². The minimum absolute atomic E-state index is 0.0200. The van der Waals surface area contributed by atoms with Gasteiger partial charge in [-0.2, -0.15) is 5.10 Å². The van der Waals surface area contributed by atoms with E-state index in [2.05, 4.69) is 29.3 Å². The number of carbonyl (C=O) groups is 2. The van der Waals surface area contributed by atoms with Gasteiger partial charge in [-0.15, -0.1) is 0 Å². The van der Waals surface area contributed by atoms with Crippen molar-refractivity contribution in [1.82, 2.24) is 19.6 Å². The maximum Gasteiger partial charge on any atom is 0.244 e. The molecule has 1 N–H and O–H groups in total. The number of amides is 2. The van der Waals surface area contributed by atoms with E-state index in [1.165, 1.54) is 0 Å². The number of aromatic nitrogens is 2. The van der Waals surface area contributed by atoms with Crippen LogP contribution in [0.5, 0.6) is 0 Å². The van der Waals surface area contributed by atoms with E-state index in [0.29, 0.717) is 5.82 Å². The summed E-state index contributed by atoms with van der Waals surface area (Å²) in [5, 5.41) is 7.20. The van der Waals surface area contributed by atoms with Gasteiger partial charge < -0.3 is 15.1 Å². The Morgan fingerprint density at radius 2 is 1.96 bits per heavy atom. The molecule has 1 atom stereocenters. The first kappa shape index (κ1) is 19.4. The Kier molecular flexibility index (Phi) is 7.43. The lowest BCUT2D eigenvalue weighted by Crippen LogP contribution is -2.48. The van der Waals surface area contributed by atoms with Crippen molar-refractivity contribution >= 4 is 17.6 Å². The van der Waals surface area contributed by atoms with Gasteiger partial charge in [0, 0.05) is 44.4 Å². The highest BCUT2D eigenvalue weighted by molar-refractivity contribution is 5.91. The molecule has 2 heterocycles. The Morgan fingerprint density at radius 1 is 1.24 bits per heavy atom. The summed E-state index contributed by atoms with van der Waals surface area (Å²) in [5.74, 6) is 0.637. The molecule has 1 aromatic heterocycles. The normalized spacial score (nSPS) is 16.7. The summed E-state index contributed by atoms with van der Waals surface area (Å²) < 4.78 is 1.60. The van der Waals surface area contributed by atoms with Gasteiger partial charge in [0.1, 0.15) is 6.54 Å². The molecule has 2 rings (SSSR count). The molecule has 0 aliphatic carbocycles. The first-order valence-corrected chi connectivity index (χ1v) is 9.34. The van der Waals surface area contributed by atoms with E-state index in [9.17, 15) is 9.59 Å². The molecule has 2 amide bonds. The minimum atomic E-state index is 0.0200. The largest absolute Gasteiger partial charge is 0.339 e. The molecule has 140 valence electrons. The van der Waals surface area contributed by atoms with E-state index in [0.717, 1.165) is 51.9 Å². The van der Waals surface area contributed by atoms with Gasteiger partial charge in [0.15, 0.2) is 5.82 Å². The van der Waals surface area contributed by atoms with Crippen molar-refractivity contribution in [2.45, 2.75) is 46.1 Å². The first-order chi connectivity index (χ1) is 12.0. The van der Waals surface area contributed by atoms with Crippen molar-refractivity contribution in [1.29, 1.82) is 0 Å². The van der Waals surface area contributed by atoms with Crippen LogP contribution in [0.2, 0.25) is 0 Å². The molecule has 7 nitrogen and oxygen atoms in total. The van der Waals surface area contributed by atoms with Crippen molar-refractivity contribution < 1.29 is 9.59 Å². The van der Waals surface area contributed by atoms with Gasteiger partial charge in [-0.05, 0) is 19.9 Å². The van der Waals surface area contributed by atoms with Gasteiger partial charge in [0.2, 0.25) is 11.8 Å². The smallest absolute Gasteiger partial charge is 0.244 e. The van der Waals surface area contributed by atoms with E-state index >= 15 is 0 Å². The predicted octanol–water partition coefficient (Wildman–Crippen LogP) is 1.81. The monoisotopic (exact) mass is 349 g/mol. The summed E-state index contributed by atoms with van der Waals surface area (Å²) in [6, 6.07) is 1.75. The summed E-state index contributed by atoms with van der Waals surface area (Å²) in [4.78, 5) is 28.7. The molecule has 0 aromatic carbocycles.